The van der Waals surface area contributed by atoms with E-state index < -0.39 is 0 Å². The standard InChI is InChI=1S/C61H84B39N5/c1-4-9(63)17(68)19(70)11(65)6-13-52(42(93)35(86)25(76)16(67)8(3)62)101-61-103(13)53(14-21(72)26(77)30(81)27(78)22(14)73)54(15-23(74)28(79)31(82)29(80)24(15)75)105(61)56-47(98)58-51-60(48(56)99)104(55-43(94)36(87)32(83)37(88)44(55)95)59-46(97)39(90)34(85)41(92)50(59)100(51)49-40(91)33(84)38(89)45(96)57(49)102(58)7-12(66)20(71)18(69)10(64)5-2/h1-2H,3,6-7,62-99H2/b17-9-,18-10-,19-11-,20-12-,25-16-,42-35+. The van der Waals surface area contributed by atoms with E-state index in [1.165, 1.54) is 231 Å². The zero-order valence-electron chi connectivity index (χ0n) is 72.1. The van der Waals surface area contributed by atoms with Crippen LogP contribution in [0.4, 0.5) is 28.4 Å². The van der Waals surface area contributed by atoms with Crippen LogP contribution in [0.2, 0.25) is 0 Å². The van der Waals surface area contributed by atoms with Gasteiger partial charge >= 0.3 is 0 Å². The molecule has 10 rings (SSSR count). The van der Waals surface area contributed by atoms with E-state index in [0.717, 1.165) is 67.1 Å². The molecule has 0 N–H and O–H groups in total. The Labute approximate surface area is 665 Å². The van der Waals surface area contributed by atoms with Crippen LogP contribution >= 0.6 is 0 Å². The van der Waals surface area contributed by atoms with Gasteiger partial charge in [-0.3, -0.25) is 8.97 Å². The third-order valence-electron chi connectivity index (χ3n) is 28.4. The Bertz CT molecular complexity index is 5570. The van der Waals surface area contributed by atoms with Gasteiger partial charge in [-0.2, -0.15) is 0 Å². The van der Waals surface area contributed by atoms with E-state index >= 15 is 0 Å². The summed E-state index contributed by atoms with van der Waals surface area (Å²) in [6, 6.07) is 0. The van der Waals surface area contributed by atoms with E-state index in [2.05, 4.69) is 335 Å². The monoisotopic (exact) mass is 1320 g/mol. The van der Waals surface area contributed by atoms with Crippen LogP contribution in [0.25, 0.3) is 39.5 Å². The smallest absolute Gasteiger partial charge is 0.250 e. The number of aromatic nitrogens is 3. The lowest BCUT2D eigenvalue weighted by Gasteiger charge is -2.50. The van der Waals surface area contributed by atoms with Crippen molar-refractivity contribution in [1.29, 1.82) is 0 Å². The molecule has 2 aromatic heterocycles. The van der Waals surface area contributed by atoms with Gasteiger partial charge in [0.25, 0.3) is 0 Å². The van der Waals surface area contributed by atoms with Crippen molar-refractivity contribution < 1.29 is 0 Å². The maximum atomic E-state index is 6.50. The quantitative estimate of drug-likeness (QED) is 0.0654. The Morgan fingerprint density at radius 1 is 0.343 bits per heavy atom. The number of nitrogens with zero attached hydrogens (tertiary/aromatic N) is 5. The predicted molar refractivity (Wildman–Crippen MR) is 586 cm³/mol. The average molecular weight is 1310 g/mol. The summed E-state index contributed by atoms with van der Waals surface area (Å²) in [6.07, 6.45) is 13.2. The Balaban J connectivity index is 1.67. The molecule has 470 valence electrons. The van der Waals surface area contributed by atoms with Crippen LogP contribution in [0.3, 0.4) is 0 Å². The minimum atomic E-state index is -0.137. The van der Waals surface area contributed by atoms with Gasteiger partial charge in [0.05, 0.1) is 22.8 Å². The number of anilines is 5. The Hall–Kier alpha value is -6.50. The van der Waals surface area contributed by atoms with Gasteiger partial charge in [-0.1, -0.05) is 127 Å². The van der Waals surface area contributed by atoms with Crippen molar-refractivity contribution in [3.8, 4) is 52.9 Å². The van der Waals surface area contributed by atoms with Crippen LogP contribution in [-0.2, 0) is 6.42 Å². The lowest BCUT2D eigenvalue weighted by molar-refractivity contribution is 1.04. The van der Waals surface area contributed by atoms with Crippen molar-refractivity contribution in [3.63, 3.8) is 0 Å². The van der Waals surface area contributed by atoms with Crippen molar-refractivity contribution in [2.24, 2.45) is 0 Å². The van der Waals surface area contributed by atoms with Crippen LogP contribution in [0, 0.1) is 24.7 Å². The van der Waals surface area contributed by atoms with E-state index in [9.17, 15) is 0 Å². The average Bonchev–Trinajstić information content (AvgIpc) is 1.24. The van der Waals surface area contributed by atoms with E-state index in [0.29, 0.717) is 13.0 Å². The molecular formula is C61H84B39N5. The Kier molecular flexibility index (Phi) is 22.7. The SMILES string of the molecule is BC(=C)/C(B)=C(B)\C(B)=C(/B)c1nc2n(-c3c(B)c4c5c(c3B)N(c3c(B)c(B)c(B)c(B)c3B)c3c(B)c(B)c(B)c(B)c3B5c3c(B)c(B)c(B)c(B)c3N4C/C(B)=C(B)\C(B)=C(\B)C#C)c(-c3c(B)c(B)c(B)c(B)c3B)c(-c3c(B)c(B)c(B)c(B)c3B)n2c1C/C(B)=C(B)\C(B)=C(\B)C#C. The number of rotatable bonds is 13. The zero-order valence-corrected chi connectivity index (χ0v) is 72.1. The number of imidazole rings is 2. The summed E-state index contributed by atoms with van der Waals surface area (Å²) in [5.41, 5.74) is 66.0. The lowest BCUT2D eigenvalue weighted by atomic mass is 9.28. The van der Waals surface area contributed by atoms with Gasteiger partial charge in [-0.05, 0) is 38.5 Å². The van der Waals surface area contributed by atoms with Crippen LogP contribution in [0.1, 0.15) is 11.4 Å². The second-order valence-corrected chi connectivity index (χ2v) is 32.7. The van der Waals surface area contributed by atoms with Crippen molar-refractivity contribution >= 4 is 498 Å². The first kappa shape index (κ1) is 81.0. The van der Waals surface area contributed by atoms with Gasteiger partial charge in [-0.15, -0.1) is 101 Å². The highest BCUT2D eigenvalue weighted by Gasteiger charge is 2.49. The molecule has 0 spiro atoms. The summed E-state index contributed by atoms with van der Waals surface area (Å²) in [6.45, 7) is 4.99. The number of hydrogen-bond acceptors (Lipinski definition) is 3. The summed E-state index contributed by atoms with van der Waals surface area (Å²) in [5, 5.41) is 0. The maximum absolute atomic E-state index is 6.50. The van der Waals surface area contributed by atoms with Crippen LogP contribution < -0.4 is 163 Å². The molecule has 0 fully saturated rings. The molecule has 8 aromatic rings. The maximum Gasteiger partial charge on any atom is 0.250 e. The van der Waals surface area contributed by atoms with Gasteiger partial charge in [-0.25, -0.2) is 4.98 Å². The van der Waals surface area contributed by atoms with E-state index in [4.69, 9.17) is 17.8 Å². The molecule has 5 nitrogen and oxygen atoms in total. The van der Waals surface area contributed by atoms with Gasteiger partial charge in [0.1, 0.15) is 298 Å². The first-order valence-electron chi connectivity index (χ1n) is 38.3. The molecule has 0 atom stereocenters. The predicted octanol–water partition coefficient (Wildman–Crippen LogP) is -45.1. The molecule has 6 aromatic carbocycles. The number of allylic oxidation sites excluding steroid dienone is 11. The molecule has 0 saturated carbocycles. The topological polar surface area (TPSA) is 28.7 Å². The van der Waals surface area contributed by atoms with Crippen LogP contribution in [-0.4, -0.2) is 325 Å². The molecule has 105 heavy (non-hydrogen) atoms. The van der Waals surface area contributed by atoms with Crippen molar-refractivity contribution in [1.82, 2.24) is 14.0 Å². The van der Waals surface area contributed by atoms with Crippen molar-refractivity contribution in [3.05, 3.63) is 83.6 Å². The molecule has 0 unspecified atom stereocenters. The minimum absolute atomic E-state index is 0.137. The molecule has 0 bridgehead atoms. The lowest BCUT2D eigenvalue weighted by Crippen LogP contribution is -2.76. The first-order valence-corrected chi connectivity index (χ1v) is 38.3. The molecule has 0 aliphatic carbocycles. The highest BCUT2D eigenvalue weighted by molar-refractivity contribution is 7.06. The molecule has 0 amide bonds. The fourth-order valence-electron chi connectivity index (χ4n) is 18.3. The Morgan fingerprint density at radius 3 is 1.11 bits per heavy atom. The molecule has 4 heterocycles. The fourth-order valence-corrected chi connectivity index (χ4v) is 18.3. The second kappa shape index (κ2) is 29.5. The highest BCUT2D eigenvalue weighted by atomic mass is 15.2. The number of terminal acetylenes is 2. The van der Waals surface area contributed by atoms with Gasteiger partial charge < -0.3 is 9.80 Å². The summed E-state index contributed by atoms with van der Waals surface area (Å²) in [5.74, 6) is 6.94. The van der Waals surface area contributed by atoms with E-state index in [-0.39, 0.29) is 6.71 Å². The summed E-state index contributed by atoms with van der Waals surface area (Å²) in [4.78, 5) is 12.1. The number of fused-ring (bicyclic) bond motifs is 5. The summed E-state index contributed by atoms with van der Waals surface area (Å²) in [7, 11) is 88.7. The molecule has 2 aliphatic heterocycles. The minimum Gasteiger partial charge on any atom is -0.340 e. The molecular weight excluding hydrogens is 1220 g/mol. The fraction of sp³-hybridized carbons (Fsp3) is 0.0328. The van der Waals surface area contributed by atoms with Gasteiger partial charge in [0.15, 0.2) is 0 Å². The van der Waals surface area contributed by atoms with E-state index in [1.54, 1.807) is 0 Å². The Morgan fingerprint density at radius 2 is 0.686 bits per heavy atom. The third-order valence-corrected chi connectivity index (χ3v) is 28.4. The second-order valence-electron chi connectivity index (χ2n) is 32.7. The molecule has 0 radical (unpaired) electrons. The molecule has 44 heteroatoms. The largest absolute Gasteiger partial charge is 0.340 e. The molecule has 2 aliphatic rings. The summed E-state index contributed by atoms with van der Waals surface area (Å²) >= 11 is 0. The third kappa shape index (κ3) is 12.2. The summed E-state index contributed by atoms with van der Waals surface area (Å²) < 4.78 is 5.41. The van der Waals surface area contributed by atoms with Gasteiger partial charge in [0, 0.05) is 47.1 Å². The van der Waals surface area contributed by atoms with Crippen molar-refractivity contribution in [2.45, 2.75) is 6.42 Å². The van der Waals surface area contributed by atoms with Crippen molar-refractivity contribution in [2.75, 3.05) is 16.3 Å². The number of benzene rings is 6. The van der Waals surface area contributed by atoms with E-state index in [1.807, 2.05) is 0 Å². The van der Waals surface area contributed by atoms with Crippen LogP contribution in [0.5, 0.6) is 0 Å². The first-order chi connectivity index (χ1) is 48.9. The number of hydrogen-bond donors (Lipinski definition) is 0. The molecule has 0 saturated heterocycles. The normalized spacial score (nSPS) is 13.8. The van der Waals surface area contributed by atoms with Crippen LogP contribution in [0.15, 0.2) is 72.2 Å². The van der Waals surface area contributed by atoms with Gasteiger partial charge in [0.2, 0.25) is 12.5 Å². The highest BCUT2D eigenvalue weighted by Crippen LogP contribution is 2.43. The zero-order chi connectivity index (χ0) is 78.6.